The van der Waals surface area contributed by atoms with Crippen molar-refractivity contribution in [2.75, 3.05) is 0 Å². The van der Waals surface area contributed by atoms with Gasteiger partial charge in [0.05, 0.1) is 11.1 Å². The Labute approximate surface area is 141 Å². The third-order valence-electron chi connectivity index (χ3n) is 4.35. The van der Waals surface area contributed by atoms with E-state index in [9.17, 15) is 4.79 Å². The Balaban J connectivity index is 1.66. The molecular weight excluding hydrogens is 304 g/mol. The molecule has 0 aliphatic heterocycles. The third kappa shape index (κ3) is 3.70. The van der Waals surface area contributed by atoms with Gasteiger partial charge in [0.2, 0.25) is 0 Å². The number of carbonyl (C=O) groups is 1. The van der Waals surface area contributed by atoms with Gasteiger partial charge in [-0.2, -0.15) is 5.10 Å². The zero-order valence-electron chi connectivity index (χ0n) is 13.8. The van der Waals surface area contributed by atoms with E-state index in [-0.39, 0.29) is 5.91 Å². The number of hydrogen-bond acceptors (Lipinski definition) is 3. The van der Waals surface area contributed by atoms with E-state index < -0.39 is 0 Å². The van der Waals surface area contributed by atoms with Gasteiger partial charge < -0.3 is 0 Å². The monoisotopic (exact) mass is 326 g/mol. The van der Waals surface area contributed by atoms with Crippen LogP contribution in [0.3, 0.4) is 0 Å². The first-order valence-electron chi connectivity index (χ1n) is 8.05. The summed E-state index contributed by atoms with van der Waals surface area (Å²) in [5, 5.41) is 4.11. The van der Waals surface area contributed by atoms with Gasteiger partial charge in [-0.15, -0.1) is 11.3 Å². The summed E-state index contributed by atoms with van der Waals surface area (Å²) in [6.45, 7) is 6.38. The summed E-state index contributed by atoms with van der Waals surface area (Å²) in [5.41, 5.74) is 7.40. The second-order valence-corrected chi connectivity index (χ2v) is 7.60. The van der Waals surface area contributed by atoms with Crippen molar-refractivity contribution in [1.82, 2.24) is 5.43 Å². The summed E-state index contributed by atoms with van der Waals surface area (Å²) in [6, 6.07) is 8.21. The summed E-state index contributed by atoms with van der Waals surface area (Å²) in [4.78, 5) is 14.4. The Bertz CT molecular complexity index is 761. The molecular formula is C19H22N2OS. The molecule has 1 amide bonds. The number of rotatable bonds is 3. The predicted octanol–water partition coefficient (Wildman–Crippen LogP) is 4.25. The molecule has 0 saturated carbocycles. The van der Waals surface area contributed by atoms with E-state index in [2.05, 4.69) is 30.4 Å². The van der Waals surface area contributed by atoms with Crippen molar-refractivity contribution in [1.29, 1.82) is 0 Å². The van der Waals surface area contributed by atoms with Crippen LogP contribution in [0.5, 0.6) is 0 Å². The average molecular weight is 326 g/mol. The molecule has 0 spiro atoms. The Hall–Kier alpha value is -1.94. The Morgan fingerprint density at radius 3 is 2.96 bits per heavy atom. The predicted molar refractivity (Wildman–Crippen MR) is 96.5 cm³/mol. The van der Waals surface area contributed by atoms with Crippen molar-refractivity contribution in [2.45, 2.75) is 40.0 Å². The standard InChI is InChI=1S/C19H22N2OS/c1-12-4-6-15(14(3)8-12)11-20-21-19(22)18-10-16-9-13(2)5-7-17(16)23-18/h4,6,8,10-11,13H,5,7,9H2,1-3H3,(H,21,22)/b20-11-/t13-/m1/s1. The molecule has 3 rings (SSSR count). The van der Waals surface area contributed by atoms with Gasteiger partial charge in [-0.25, -0.2) is 5.43 Å². The molecule has 1 atom stereocenters. The molecule has 1 N–H and O–H groups in total. The average Bonchev–Trinajstić information content (AvgIpc) is 2.92. The number of carbonyl (C=O) groups excluding carboxylic acids is 1. The van der Waals surface area contributed by atoms with Crippen LogP contribution in [-0.4, -0.2) is 12.1 Å². The smallest absolute Gasteiger partial charge is 0.266 e. The number of hydrazone groups is 1. The number of nitrogens with one attached hydrogen (secondary N) is 1. The second-order valence-electron chi connectivity index (χ2n) is 6.47. The lowest BCUT2D eigenvalue weighted by molar-refractivity contribution is 0.0959. The lowest BCUT2D eigenvalue weighted by Gasteiger charge is -2.16. The van der Waals surface area contributed by atoms with Crippen LogP contribution >= 0.6 is 11.3 Å². The zero-order valence-corrected chi connectivity index (χ0v) is 14.7. The van der Waals surface area contributed by atoms with Crippen molar-refractivity contribution in [3.8, 4) is 0 Å². The summed E-state index contributed by atoms with van der Waals surface area (Å²) in [5.74, 6) is 0.605. The van der Waals surface area contributed by atoms with Crippen molar-refractivity contribution < 1.29 is 4.79 Å². The lowest BCUT2D eigenvalue weighted by atomic mass is 9.90. The quantitative estimate of drug-likeness (QED) is 0.665. The van der Waals surface area contributed by atoms with Gasteiger partial charge in [-0.05, 0) is 61.8 Å². The highest BCUT2D eigenvalue weighted by atomic mass is 32.1. The summed E-state index contributed by atoms with van der Waals surface area (Å²) >= 11 is 1.61. The van der Waals surface area contributed by atoms with Crippen molar-refractivity contribution >= 4 is 23.5 Å². The van der Waals surface area contributed by atoms with E-state index in [0.717, 1.165) is 34.8 Å². The van der Waals surface area contributed by atoms with Crippen LogP contribution in [0.2, 0.25) is 0 Å². The minimum atomic E-state index is -0.113. The van der Waals surface area contributed by atoms with E-state index in [4.69, 9.17) is 0 Å². The minimum Gasteiger partial charge on any atom is -0.266 e. The molecule has 1 aliphatic carbocycles. The van der Waals surface area contributed by atoms with E-state index in [1.54, 1.807) is 17.6 Å². The molecule has 1 aromatic carbocycles. The highest BCUT2D eigenvalue weighted by molar-refractivity contribution is 7.14. The van der Waals surface area contributed by atoms with Crippen LogP contribution in [-0.2, 0) is 12.8 Å². The fourth-order valence-corrected chi connectivity index (χ4v) is 4.10. The molecule has 0 radical (unpaired) electrons. The van der Waals surface area contributed by atoms with Gasteiger partial charge in [0.25, 0.3) is 5.91 Å². The maximum Gasteiger partial charge on any atom is 0.281 e. The SMILES string of the molecule is Cc1ccc(/C=N\NC(=O)c2cc3c(s2)CC[C@@H](C)C3)c(C)c1. The van der Waals surface area contributed by atoms with E-state index in [1.165, 1.54) is 22.4 Å². The zero-order chi connectivity index (χ0) is 16.4. The first-order valence-corrected chi connectivity index (χ1v) is 8.87. The van der Waals surface area contributed by atoms with Crippen LogP contribution in [0.25, 0.3) is 0 Å². The van der Waals surface area contributed by atoms with E-state index in [1.807, 2.05) is 25.1 Å². The van der Waals surface area contributed by atoms with Crippen molar-refractivity contribution in [3.63, 3.8) is 0 Å². The fraction of sp³-hybridized carbons (Fsp3) is 0.368. The molecule has 1 aliphatic rings. The maximum atomic E-state index is 12.3. The fourth-order valence-electron chi connectivity index (χ4n) is 3.00. The summed E-state index contributed by atoms with van der Waals surface area (Å²) in [7, 11) is 0. The normalized spacial score (nSPS) is 17.3. The number of aryl methyl sites for hydroxylation is 3. The Kier molecular flexibility index (Phi) is 4.62. The first-order chi connectivity index (χ1) is 11.0. The molecule has 1 heterocycles. The molecule has 2 aromatic rings. The van der Waals surface area contributed by atoms with Gasteiger partial charge in [0, 0.05) is 4.88 Å². The van der Waals surface area contributed by atoms with Crippen molar-refractivity contribution in [3.05, 3.63) is 56.3 Å². The number of benzene rings is 1. The van der Waals surface area contributed by atoms with E-state index >= 15 is 0 Å². The topological polar surface area (TPSA) is 41.5 Å². The van der Waals surface area contributed by atoms with Gasteiger partial charge >= 0.3 is 0 Å². The van der Waals surface area contributed by atoms with Crippen LogP contribution in [0.1, 0.15) is 50.1 Å². The first kappa shape index (κ1) is 15.9. The largest absolute Gasteiger partial charge is 0.281 e. The highest BCUT2D eigenvalue weighted by Crippen LogP contribution is 2.32. The summed E-state index contributed by atoms with van der Waals surface area (Å²) < 4.78 is 0. The van der Waals surface area contributed by atoms with Gasteiger partial charge in [-0.1, -0.05) is 30.7 Å². The highest BCUT2D eigenvalue weighted by Gasteiger charge is 2.20. The van der Waals surface area contributed by atoms with Gasteiger partial charge in [-0.3, -0.25) is 4.79 Å². The van der Waals surface area contributed by atoms with Crippen LogP contribution < -0.4 is 5.43 Å². The number of nitrogens with zero attached hydrogens (tertiary/aromatic N) is 1. The number of amides is 1. The number of fused-ring (bicyclic) bond motifs is 1. The Morgan fingerprint density at radius 1 is 1.35 bits per heavy atom. The molecule has 1 aromatic heterocycles. The van der Waals surface area contributed by atoms with Crippen molar-refractivity contribution in [2.24, 2.45) is 11.0 Å². The lowest BCUT2D eigenvalue weighted by Crippen LogP contribution is -2.16. The van der Waals surface area contributed by atoms with E-state index in [0.29, 0.717) is 0 Å². The van der Waals surface area contributed by atoms with Crippen LogP contribution in [0, 0.1) is 19.8 Å². The Morgan fingerprint density at radius 2 is 2.17 bits per heavy atom. The van der Waals surface area contributed by atoms with Crippen LogP contribution in [0.15, 0.2) is 29.4 Å². The molecule has 0 unspecified atom stereocenters. The summed E-state index contributed by atoms with van der Waals surface area (Å²) in [6.07, 6.45) is 5.12. The maximum absolute atomic E-state index is 12.3. The molecule has 4 heteroatoms. The molecule has 120 valence electrons. The van der Waals surface area contributed by atoms with Gasteiger partial charge in [0.1, 0.15) is 0 Å². The minimum absolute atomic E-state index is 0.113. The number of thiophene rings is 1. The van der Waals surface area contributed by atoms with Crippen LogP contribution in [0.4, 0.5) is 0 Å². The third-order valence-corrected chi connectivity index (χ3v) is 5.58. The molecule has 0 saturated heterocycles. The number of hydrogen-bond donors (Lipinski definition) is 1. The molecule has 3 nitrogen and oxygen atoms in total. The molecule has 0 fully saturated rings. The molecule has 23 heavy (non-hydrogen) atoms. The molecule has 0 bridgehead atoms. The van der Waals surface area contributed by atoms with Gasteiger partial charge in [0.15, 0.2) is 0 Å². The second kappa shape index (κ2) is 6.67.